The quantitative estimate of drug-likeness (QED) is 0.924. The molecule has 4 heteroatoms. The van der Waals surface area contributed by atoms with Crippen LogP contribution in [0.4, 0.5) is 0 Å². The van der Waals surface area contributed by atoms with Gasteiger partial charge in [0.2, 0.25) is 0 Å². The highest BCUT2D eigenvalue weighted by atomic mass is 32.1. The molecular formula is C16H24N2OS. The van der Waals surface area contributed by atoms with E-state index in [-0.39, 0.29) is 5.91 Å². The predicted molar refractivity (Wildman–Crippen MR) is 83.2 cm³/mol. The number of amides is 1. The zero-order chi connectivity index (χ0) is 13.8. The number of hydrogen-bond acceptors (Lipinski definition) is 3. The van der Waals surface area contributed by atoms with Gasteiger partial charge in [-0.25, -0.2) is 0 Å². The number of thiophene rings is 1. The van der Waals surface area contributed by atoms with Crippen molar-refractivity contribution in [3.63, 3.8) is 0 Å². The van der Waals surface area contributed by atoms with Crippen molar-refractivity contribution >= 4 is 17.2 Å². The molecule has 0 spiro atoms. The molecule has 3 nitrogen and oxygen atoms in total. The highest BCUT2D eigenvalue weighted by Crippen LogP contribution is 2.27. The summed E-state index contributed by atoms with van der Waals surface area (Å²) in [5.74, 6) is 0.759. The molecule has 1 aliphatic carbocycles. The first kappa shape index (κ1) is 14.1. The van der Waals surface area contributed by atoms with E-state index in [0.717, 1.165) is 17.5 Å². The molecule has 1 N–H and O–H groups in total. The summed E-state index contributed by atoms with van der Waals surface area (Å²) >= 11 is 1.51. The molecular weight excluding hydrogens is 268 g/mol. The van der Waals surface area contributed by atoms with Gasteiger partial charge in [-0.15, -0.1) is 11.3 Å². The van der Waals surface area contributed by atoms with Gasteiger partial charge in [-0.2, -0.15) is 0 Å². The summed E-state index contributed by atoms with van der Waals surface area (Å²) in [6.07, 6.45) is 8.12. The first-order valence-electron chi connectivity index (χ1n) is 7.88. The summed E-state index contributed by atoms with van der Waals surface area (Å²) < 4.78 is 0. The third-order valence-electron chi connectivity index (χ3n) is 4.79. The molecule has 1 saturated heterocycles. The topological polar surface area (TPSA) is 32.3 Å². The van der Waals surface area contributed by atoms with E-state index in [4.69, 9.17) is 0 Å². The van der Waals surface area contributed by atoms with Crippen LogP contribution in [0, 0.1) is 5.92 Å². The Balaban J connectivity index is 1.39. The van der Waals surface area contributed by atoms with Gasteiger partial charge in [0.05, 0.1) is 4.88 Å². The summed E-state index contributed by atoms with van der Waals surface area (Å²) in [6, 6.07) is 4.68. The fourth-order valence-corrected chi connectivity index (χ4v) is 4.16. The molecule has 2 heterocycles. The smallest absolute Gasteiger partial charge is 0.261 e. The third-order valence-corrected chi connectivity index (χ3v) is 5.66. The van der Waals surface area contributed by atoms with E-state index in [9.17, 15) is 4.79 Å². The van der Waals surface area contributed by atoms with Crippen molar-refractivity contribution in [2.75, 3.05) is 19.6 Å². The Kier molecular flexibility index (Phi) is 4.73. The molecule has 0 unspecified atom stereocenters. The minimum absolute atomic E-state index is 0.0956. The molecule has 2 aliphatic rings. The highest BCUT2D eigenvalue weighted by Gasteiger charge is 2.27. The van der Waals surface area contributed by atoms with Crippen LogP contribution in [-0.4, -0.2) is 36.5 Å². The van der Waals surface area contributed by atoms with Gasteiger partial charge in [0, 0.05) is 12.6 Å². The Morgan fingerprint density at radius 2 is 2.00 bits per heavy atom. The van der Waals surface area contributed by atoms with E-state index in [1.54, 1.807) is 0 Å². The van der Waals surface area contributed by atoms with Gasteiger partial charge in [0.15, 0.2) is 0 Å². The number of nitrogens with one attached hydrogen (secondary N) is 1. The van der Waals surface area contributed by atoms with E-state index in [1.807, 2.05) is 17.5 Å². The number of hydrogen-bond donors (Lipinski definition) is 1. The van der Waals surface area contributed by atoms with Crippen LogP contribution in [-0.2, 0) is 0 Å². The minimum Gasteiger partial charge on any atom is -0.351 e. The molecule has 0 aromatic carbocycles. The number of carbonyl (C=O) groups is 1. The molecule has 3 rings (SSSR count). The van der Waals surface area contributed by atoms with Crippen molar-refractivity contribution in [1.82, 2.24) is 10.2 Å². The highest BCUT2D eigenvalue weighted by molar-refractivity contribution is 7.12. The first-order chi connectivity index (χ1) is 9.83. The Morgan fingerprint density at radius 3 is 2.65 bits per heavy atom. The Morgan fingerprint density at radius 1 is 1.25 bits per heavy atom. The number of nitrogens with zero attached hydrogens (tertiary/aromatic N) is 1. The van der Waals surface area contributed by atoms with Gasteiger partial charge >= 0.3 is 0 Å². The van der Waals surface area contributed by atoms with Crippen LogP contribution in [0.5, 0.6) is 0 Å². The van der Waals surface area contributed by atoms with Gasteiger partial charge in [0.25, 0.3) is 5.91 Å². The third kappa shape index (κ3) is 3.41. The molecule has 110 valence electrons. The molecule has 20 heavy (non-hydrogen) atoms. The van der Waals surface area contributed by atoms with Crippen LogP contribution in [0.15, 0.2) is 17.5 Å². The molecule has 0 atom stereocenters. The minimum atomic E-state index is 0.0956. The van der Waals surface area contributed by atoms with Crippen LogP contribution in [0.3, 0.4) is 0 Å². The van der Waals surface area contributed by atoms with E-state index in [0.29, 0.717) is 5.92 Å². The zero-order valence-corrected chi connectivity index (χ0v) is 12.8. The second-order valence-corrected chi connectivity index (χ2v) is 7.05. The normalized spacial score (nSPS) is 22.2. The number of rotatable bonds is 4. The van der Waals surface area contributed by atoms with Crippen LogP contribution in [0.2, 0.25) is 0 Å². The maximum Gasteiger partial charge on any atom is 0.261 e. The summed E-state index contributed by atoms with van der Waals surface area (Å²) in [5, 5.41) is 5.05. The maximum atomic E-state index is 11.9. The lowest BCUT2D eigenvalue weighted by Crippen LogP contribution is -2.42. The number of carbonyl (C=O) groups excluding carboxylic acids is 1. The van der Waals surface area contributed by atoms with Gasteiger partial charge in [-0.1, -0.05) is 18.9 Å². The Bertz CT molecular complexity index is 418. The zero-order valence-electron chi connectivity index (χ0n) is 12.0. The monoisotopic (exact) mass is 292 g/mol. The average molecular weight is 292 g/mol. The van der Waals surface area contributed by atoms with Gasteiger partial charge in [0.1, 0.15) is 0 Å². The molecule has 0 bridgehead atoms. The molecule has 0 radical (unpaired) electrons. The largest absolute Gasteiger partial charge is 0.351 e. The van der Waals surface area contributed by atoms with Crippen molar-refractivity contribution in [3.05, 3.63) is 22.4 Å². The van der Waals surface area contributed by atoms with Gasteiger partial charge in [-0.05, 0) is 56.1 Å². The second-order valence-electron chi connectivity index (χ2n) is 6.10. The summed E-state index contributed by atoms with van der Waals surface area (Å²) in [4.78, 5) is 15.4. The van der Waals surface area contributed by atoms with Gasteiger partial charge < -0.3 is 10.2 Å². The maximum absolute atomic E-state index is 11.9. The van der Waals surface area contributed by atoms with Crippen LogP contribution < -0.4 is 5.32 Å². The fourth-order valence-electron chi connectivity index (χ4n) is 3.52. The Hall–Kier alpha value is -0.870. The van der Waals surface area contributed by atoms with E-state index in [1.165, 1.54) is 63.0 Å². The Labute approximate surface area is 125 Å². The molecule has 1 amide bonds. The standard InChI is InChI=1S/C16H24N2OS/c19-16(15-6-3-11-20-15)17-12-13-7-9-18(10-8-13)14-4-1-2-5-14/h3,6,11,13-14H,1-2,4-5,7-10,12H2,(H,17,19). The van der Waals surface area contributed by atoms with Crippen molar-refractivity contribution in [1.29, 1.82) is 0 Å². The van der Waals surface area contributed by atoms with E-state index < -0.39 is 0 Å². The van der Waals surface area contributed by atoms with E-state index >= 15 is 0 Å². The second kappa shape index (κ2) is 6.72. The van der Waals surface area contributed by atoms with Crippen molar-refractivity contribution in [2.45, 2.75) is 44.6 Å². The molecule has 1 aromatic heterocycles. The lowest BCUT2D eigenvalue weighted by molar-refractivity contribution is 0.0928. The molecule has 1 aliphatic heterocycles. The predicted octanol–water partition coefficient (Wildman–Crippen LogP) is 3.13. The van der Waals surface area contributed by atoms with Crippen molar-refractivity contribution in [3.8, 4) is 0 Å². The number of likely N-dealkylation sites (tertiary alicyclic amines) is 1. The summed E-state index contributed by atoms with van der Waals surface area (Å²) in [7, 11) is 0. The summed E-state index contributed by atoms with van der Waals surface area (Å²) in [5.41, 5.74) is 0. The SMILES string of the molecule is O=C(NCC1CCN(C2CCCC2)CC1)c1cccs1. The first-order valence-corrected chi connectivity index (χ1v) is 8.76. The van der Waals surface area contributed by atoms with Crippen LogP contribution >= 0.6 is 11.3 Å². The fraction of sp³-hybridized carbons (Fsp3) is 0.688. The lowest BCUT2D eigenvalue weighted by atomic mass is 9.95. The molecule has 2 fully saturated rings. The van der Waals surface area contributed by atoms with Crippen molar-refractivity contribution < 1.29 is 4.79 Å². The van der Waals surface area contributed by atoms with Crippen LogP contribution in [0.1, 0.15) is 48.2 Å². The lowest BCUT2D eigenvalue weighted by Gasteiger charge is -2.36. The average Bonchev–Trinajstić information content (AvgIpc) is 3.18. The van der Waals surface area contributed by atoms with Crippen LogP contribution in [0.25, 0.3) is 0 Å². The van der Waals surface area contributed by atoms with E-state index in [2.05, 4.69) is 10.2 Å². The van der Waals surface area contributed by atoms with Gasteiger partial charge in [-0.3, -0.25) is 4.79 Å². The summed E-state index contributed by atoms with van der Waals surface area (Å²) in [6.45, 7) is 3.30. The number of piperidine rings is 1. The van der Waals surface area contributed by atoms with Crippen molar-refractivity contribution in [2.24, 2.45) is 5.92 Å². The molecule has 1 aromatic rings. The molecule has 1 saturated carbocycles.